The molecule has 6 heteroatoms. The van der Waals surface area contributed by atoms with Crippen LogP contribution in [0, 0.1) is 5.92 Å². The van der Waals surface area contributed by atoms with Gasteiger partial charge in [0.05, 0.1) is 23.3 Å². The zero-order chi connectivity index (χ0) is 16.8. The van der Waals surface area contributed by atoms with E-state index in [2.05, 4.69) is 29.2 Å². The van der Waals surface area contributed by atoms with Crippen molar-refractivity contribution in [3.63, 3.8) is 0 Å². The molecule has 0 fully saturated rings. The molecule has 3 N–H and O–H groups in total. The minimum Gasteiger partial charge on any atom is -0.326 e. The van der Waals surface area contributed by atoms with E-state index in [0.717, 1.165) is 29.8 Å². The SMILES string of the molecule is CC(C)CCC[C@H](N)c1cc(-c2c(NC=O)cnn2C)ccn1. The number of nitrogens with zero attached hydrogens (tertiary/aromatic N) is 3. The Kier molecular flexibility index (Phi) is 5.87. The topological polar surface area (TPSA) is 85.8 Å². The summed E-state index contributed by atoms with van der Waals surface area (Å²) in [7, 11) is 1.84. The number of pyridine rings is 1. The van der Waals surface area contributed by atoms with Gasteiger partial charge in [0.15, 0.2) is 0 Å². The summed E-state index contributed by atoms with van der Waals surface area (Å²) < 4.78 is 1.73. The third kappa shape index (κ3) is 4.39. The van der Waals surface area contributed by atoms with Crippen molar-refractivity contribution in [1.29, 1.82) is 0 Å². The first-order chi connectivity index (χ1) is 11.0. The van der Waals surface area contributed by atoms with E-state index in [0.29, 0.717) is 18.0 Å². The third-order valence-corrected chi connectivity index (χ3v) is 3.88. The number of carbonyl (C=O) groups is 1. The van der Waals surface area contributed by atoms with Crippen LogP contribution in [0.3, 0.4) is 0 Å². The molecule has 0 spiro atoms. The Hall–Kier alpha value is -2.21. The van der Waals surface area contributed by atoms with Crippen molar-refractivity contribution in [3.05, 3.63) is 30.2 Å². The van der Waals surface area contributed by atoms with Gasteiger partial charge in [-0.05, 0) is 24.5 Å². The summed E-state index contributed by atoms with van der Waals surface area (Å²) in [6.07, 6.45) is 7.22. The van der Waals surface area contributed by atoms with E-state index in [4.69, 9.17) is 5.73 Å². The van der Waals surface area contributed by atoms with Crippen LogP contribution in [-0.2, 0) is 11.8 Å². The van der Waals surface area contributed by atoms with Gasteiger partial charge in [0.2, 0.25) is 6.41 Å². The third-order valence-electron chi connectivity index (χ3n) is 3.88. The molecule has 1 atom stereocenters. The van der Waals surface area contributed by atoms with E-state index < -0.39 is 0 Å². The van der Waals surface area contributed by atoms with E-state index in [9.17, 15) is 4.79 Å². The summed E-state index contributed by atoms with van der Waals surface area (Å²) in [5, 5.41) is 6.87. The van der Waals surface area contributed by atoms with Crippen molar-refractivity contribution in [2.45, 2.75) is 39.2 Å². The second kappa shape index (κ2) is 7.87. The number of anilines is 1. The van der Waals surface area contributed by atoms with Crippen molar-refractivity contribution >= 4 is 12.1 Å². The van der Waals surface area contributed by atoms with Gasteiger partial charge < -0.3 is 11.1 Å². The smallest absolute Gasteiger partial charge is 0.211 e. The van der Waals surface area contributed by atoms with Crippen molar-refractivity contribution in [2.75, 3.05) is 5.32 Å². The first kappa shape index (κ1) is 17.1. The Morgan fingerprint density at radius 2 is 2.17 bits per heavy atom. The maximum atomic E-state index is 10.7. The van der Waals surface area contributed by atoms with Crippen LogP contribution in [0.25, 0.3) is 11.3 Å². The maximum absolute atomic E-state index is 10.7. The molecule has 0 saturated heterocycles. The van der Waals surface area contributed by atoms with E-state index in [-0.39, 0.29) is 6.04 Å². The molecular formula is C17H25N5O. The number of hydrogen-bond acceptors (Lipinski definition) is 4. The van der Waals surface area contributed by atoms with Gasteiger partial charge in [-0.3, -0.25) is 14.5 Å². The van der Waals surface area contributed by atoms with Crippen molar-refractivity contribution in [2.24, 2.45) is 18.7 Å². The molecule has 0 radical (unpaired) electrons. The predicted octanol–water partition coefficient (Wildman–Crippen LogP) is 2.88. The highest BCUT2D eigenvalue weighted by atomic mass is 16.1. The van der Waals surface area contributed by atoms with Gasteiger partial charge in [0.25, 0.3) is 0 Å². The van der Waals surface area contributed by atoms with Crippen molar-refractivity contribution in [1.82, 2.24) is 14.8 Å². The molecule has 124 valence electrons. The van der Waals surface area contributed by atoms with Crippen LogP contribution >= 0.6 is 0 Å². The molecule has 6 nitrogen and oxygen atoms in total. The average molecular weight is 315 g/mol. The summed E-state index contributed by atoms with van der Waals surface area (Å²) in [6, 6.07) is 3.80. The molecule has 0 saturated carbocycles. The highest BCUT2D eigenvalue weighted by molar-refractivity contribution is 5.82. The summed E-state index contributed by atoms with van der Waals surface area (Å²) in [6.45, 7) is 4.43. The molecular weight excluding hydrogens is 290 g/mol. The highest BCUT2D eigenvalue weighted by Gasteiger charge is 2.14. The Bertz CT molecular complexity index is 650. The lowest BCUT2D eigenvalue weighted by Gasteiger charge is -2.13. The molecule has 2 aromatic rings. The second-order valence-corrected chi connectivity index (χ2v) is 6.19. The summed E-state index contributed by atoms with van der Waals surface area (Å²) in [5.41, 5.74) is 9.61. The minimum absolute atomic E-state index is 0.0793. The first-order valence-corrected chi connectivity index (χ1v) is 7.97. The summed E-state index contributed by atoms with van der Waals surface area (Å²) >= 11 is 0. The lowest BCUT2D eigenvalue weighted by molar-refractivity contribution is -0.105. The fourth-order valence-electron chi connectivity index (χ4n) is 2.64. The van der Waals surface area contributed by atoms with E-state index in [1.807, 2.05) is 19.2 Å². The van der Waals surface area contributed by atoms with Gasteiger partial charge in [-0.15, -0.1) is 0 Å². The van der Waals surface area contributed by atoms with E-state index >= 15 is 0 Å². The second-order valence-electron chi connectivity index (χ2n) is 6.19. The summed E-state index contributed by atoms with van der Waals surface area (Å²) in [5.74, 6) is 0.688. The Labute approximate surface area is 137 Å². The van der Waals surface area contributed by atoms with Gasteiger partial charge in [0.1, 0.15) is 0 Å². The lowest BCUT2D eigenvalue weighted by atomic mass is 10.0. The van der Waals surface area contributed by atoms with Gasteiger partial charge in [0, 0.05) is 24.8 Å². The molecule has 0 bridgehead atoms. The molecule has 1 amide bonds. The van der Waals surface area contributed by atoms with Gasteiger partial charge in [-0.25, -0.2) is 0 Å². The van der Waals surface area contributed by atoms with Crippen LogP contribution in [0.1, 0.15) is 44.8 Å². The molecule has 2 heterocycles. The highest BCUT2D eigenvalue weighted by Crippen LogP contribution is 2.28. The molecule has 23 heavy (non-hydrogen) atoms. The van der Waals surface area contributed by atoms with E-state index in [1.54, 1.807) is 17.1 Å². The Morgan fingerprint density at radius 1 is 1.39 bits per heavy atom. The molecule has 0 aliphatic heterocycles. The van der Waals surface area contributed by atoms with Gasteiger partial charge in [-0.2, -0.15) is 5.10 Å². The number of carbonyl (C=O) groups excluding carboxylic acids is 1. The quantitative estimate of drug-likeness (QED) is 0.733. The molecule has 0 aliphatic rings. The zero-order valence-electron chi connectivity index (χ0n) is 14.0. The Balaban J connectivity index is 2.20. The minimum atomic E-state index is -0.0793. The largest absolute Gasteiger partial charge is 0.326 e. The molecule has 0 aliphatic carbocycles. The number of hydrogen-bond donors (Lipinski definition) is 2. The van der Waals surface area contributed by atoms with Crippen LogP contribution in [0.2, 0.25) is 0 Å². The van der Waals surface area contributed by atoms with Gasteiger partial charge in [-0.1, -0.05) is 26.7 Å². The van der Waals surface area contributed by atoms with Crippen molar-refractivity contribution in [3.8, 4) is 11.3 Å². The van der Waals surface area contributed by atoms with Crippen LogP contribution in [0.15, 0.2) is 24.5 Å². The van der Waals surface area contributed by atoms with Crippen LogP contribution in [0.4, 0.5) is 5.69 Å². The van der Waals surface area contributed by atoms with E-state index in [1.165, 1.54) is 6.42 Å². The molecule has 0 unspecified atom stereocenters. The normalized spacial score (nSPS) is 12.4. The number of nitrogens with two attached hydrogens (primary N) is 1. The number of aryl methyl sites for hydroxylation is 1. The maximum Gasteiger partial charge on any atom is 0.211 e. The number of aromatic nitrogens is 3. The lowest BCUT2D eigenvalue weighted by Crippen LogP contribution is -2.12. The number of rotatable bonds is 8. The van der Waals surface area contributed by atoms with Crippen LogP contribution < -0.4 is 11.1 Å². The number of nitrogens with one attached hydrogen (secondary N) is 1. The fourth-order valence-corrected chi connectivity index (χ4v) is 2.64. The number of amides is 1. The Morgan fingerprint density at radius 3 is 2.87 bits per heavy atom. The van der Waals surface area contributed by atoms with Gasteiger partial charge >= 0.3 is 0 Å². The van der Waals surface area contributed by atoms with Crippen LogP contribution in [-0.4, -0.2) is 21.2 Å². The fraction of sp³-hybridized carbons (Fsp3) is 0.471. The molecule has 2 rings (SSSR count). The molecule has 0 aromatic carbocycles. The first-order valence-electron chi connectivity index (χ1n) is 7.97. The van der Waals surface area contributed by atoms with Crippen LogP contribution in [0.5, 0.6) is 0 Å². The average Bonchev–Trinajstić information content (AvgIpc) is 2.88. The van der Waals surface area contributed by atoms with Crippen molar-refractivity contribution < 1.29 is 4.79 Å². The zero-order valence-corrected chi connectivity index (χ0v) is 14.0. The monoisotopic (exact) mass is 315 g/mol. The predicted molar refractivity (Wildman–Crippen MR) is 91.7 cm³/mol. The summed E-state index contributed by atoms with van der Waals surface area (Å²) in [4.78, 5) is 15.1. The molecule has 2 aromatic heterocycles. The standard InChI is InChI=1S/C17H25N5O/c1-12(2)5-4-6-14(18)15-9-13(7-8-19-15)17-16(20-11-23)10-21-22(17)3/h7-12,14H,4-6,18H2,1-3H3,(H,20,23)/t14-/m0/s1.